The van der Waals surface area contributed by atoms with Crippen LogP contribution >= 0.6 is 0 Å². The average molecular weight is 939 g/mol. The number of nitrogens with one attached hydrogen (secondary N) is 3. The van der Waals surface area contributed by atoms with Gasteiger partial charge in [0.25, 0.3) is 11.8 Å². The number of carboxylic acids is 1. The van der Waals surface area contributed by atoms with E-state index in [-0.39, 0.29) is 54.8 Å². The molecule has 6 saturated carbocycles. The van der Waals surface area contributed by atoms with Crippen molar-refractivity contribution in [3.63, 3.8) is 0 Å². The topological polar surface area (TPSA) is 255 Å². The summed E-state index contributed by atoms with van der Waals surface area (Å²) in [7, 11) is 0. The Hall–Kier alpha value is -5.36. The molecule has 0 radical (unpaired) electrons. The van der Waals surface area contributed by atoms with E-state index in [4.69, 9.17) is 9.47 Å². The van der Waals surface area contributed by atoms with Crippen molar-refractivity contribution in [3.8, 4) is 0 Å². The first-order valence-corrected chi connectivity index (χ1v) is 24.2. The van der Waals surface area contributed by atoms with Crippen LogP contribution in [0.3, 0.4) is 0 Å². The number of hydrogen-bond acceptors (Lipinski definition) is 12. The molecule has 9 aliphatic rings. The Balaban J connectivity index is 0.797. The molecule has 6 N–H and O–H groups in total. The molecule has 68 heavy (non-hydrogen) atoms. The molecule has 5 amide bonds. The Morgan fingerprint density at radius 2 is 1.60 bits per heavy atom. The maximum absolute atomic E-state index is 14.0. The highest BCUT2D eigenvalue weighted by Gasteiger charge is 2.76. The number of imide groups is 1. The summed E-state index contributed by atoms with van der Waals surface area (Å²) in [4.78, 5) is 101. The zero-order valence-electron chi connectivity index (χ0n) is 38.6. The number of hydrogen-bond donors (Lipinski definition) is 6. The number of rotatable bonds is 16. The number of ether oxygens (including phenoxy) is 2. The Bertz CT molecular complexity index is 2350. The molecule has 10 atom stereocenters. The van der Waals surface area contributed by atoms with Crippen LogP contribution < -0.4 is 16.0 Å². The largest absolute Gasteiger partial charge is 0.481 e. The molecule has 0 spiro atoms. The predicted molar refractivity (Wildman–Crippen MR) is 240 cm³/mol. The van der Waals surface area contributed by atoms with Gasteiger partial charge in [0.05, 0.1) is 18.8 Å². The van der Waals surface area contributed by atoms with Gasteiger partial charge >= 0.3 is 5.97 Å². The van der Waals surface area contributed by atoms with E-state index in [2.05, 4.69) is 35.0 Å². The molecule has 2 heterocycles. The lowest BCUT2D eigenvalue weighted by atomic mass is 9.46. The van der Waals surface area contributed by atoms with Crippen molar-refractivity contribution in [3.05, 3.63) is 71.3 Å². The standard InChI is InChI=1S/C51H62N4O13/c1-47-15-13-32(57)23-31(47)7-8-33-34-24-38-51(37(59)28-56,48(34,2)26-36(58)44(33)47)68-46(67-38)30-5-3-29(4-6-30)25-49-16-19-50(20-17-49,21-18-49)54-45(66)35(9-12-43(64)65)53-40(61)27-52-39(60)14-22-55-41(62)10-11-42(55)63/h3-6,10-11,13,15,23,33-36,38,44,46,56,58H,7-9,12,14,16-22,24-28H2,1-2H3,(H,52,60)(H,53,61)(H,54,66)(H,64,65)/t33-,34-,35-,36-,38+,44+,46+,47-,48-,49?,50?,51+/m0/s1. The summed E-state index contributed by atoms with van der Waals surface area (Å²) < 4.78 is 13.5. The van der Waals surface area contributed by atoms with Crippen molar-refractivity contribution in [1.29, 1.82) is 0 Å². The third-order valence-electron chi connectivity index (χ3n) is 17.6. The second-order valence-corrected chi connectivity index (χ2v) is 21.3. The van der Waals surface area contributed by atoms with Crippen LogP contribution in [0.15, 0.2) is 60.2 Å². The predicted octanol–water partition coefficient (Wildman–Crippen LogP) is 2.82. The zero-order valence-corrected chi connectivity index (χ0v) is 38.6. The second kappa shape index (κ2) is 17.9. The van der Waals surface area contributed by atoms with Crippen LogP contribution in [0.1, 0.15) is 115 Å². The number of Topliss-reactive ketones (excluding diaryl/α,β-unsaturated/α-hetero) is 1. The van der Waals surface area contributed by atoms with Crippen molar-refractivity contribution in [2.45, 2.75) is 139 Å². The fourth-order valence-electron chi connectivity index (χ4n) is 14.0. The number of benzene rings is 1. The van der Waals surface area contributed by atoms with Gasteiger partial charge in [-0.2, -0.15) is 0 Å². The summed E-state index contributed by atoms with van der Waals surface area (Å²) >= 11 is 0. The molecule has 2 bridgehead atoms. The lowest BCUT2D eigenvalue weighted by Crippen LogP contribution is -2.63. The Labute approximate surface area is 394 Å². The minimum Gasteiger partial charge on any atom is -0.481 e. The van der Waals surface area contributed by atoms with Gasteiger partial charge in [-0.3, -0.25) is 43.3 Å². The van der Waals surface area contributed by atoms with Gasteiger partial charge in [-0.05, 0) is 112 Å². The first kappa shape index (κ1) is 47.7. The molecule has 1 aromatic rings. The minimum atomic E-state index is -1.44. The summed E-state index contributed by atoms with van der Waals surface area (Å²) in [6.07, 6.45) is 12.4. The van der Waals surface area contributed by atoms with Crippen LogP contribution in [0.5, 0.6) is 0 Å². The molecule has 7 aliphatic carbocycles. The molecule has 17 heteroatoms. The van der Waals surface area contributed by atoms with E-state index in [9.17, 15) is 53.7 Å². The van der Waals surface area contributed by atoms with E-state index in [1.54, 1.807) is 12.2 Å². The van der Waals surface area contributed by atoms with E-state index in [0.717, 1.165) is 72.3 Å². The third-order valence-corrected chi connectivity index (χ3v) is 17.6. The second-order valence-electron chi connectivity index (χ2n) is 21.3. The number of carbonyl (C=O) groups excluding carboxylic acids is 7. The van der Waals surface area contributed by atoms with Crippen molar-refractivity contribution < 1.29 is 63.1 Å². The van der Waals surface area contributed by atoms with Crippen LogP contribution in [0.2, 0.25) is 0 Å². The minimum absolute atomic E-state index is 0.00293. The van der Waals surface area contributed by atoms with Crippen LogP contribution in [0.25, 0.3) is 0 Å². The fraction of sp³-hybridized carbons (Fsp3) is 0.608. The Morgan fingerprint density at radius 1 is 0.912 bits per heavy atom. The molecule has 2 aliphatic heterocycles. The number of ketones is 2. The lowest BCUT2D eigenvalue weighted by molar-refractivity contribution is -0.201. The number of amides is 5. The molecular weight excluding hydrogens is 877 g/mol. The van der Waals surface area contributed by atoms with Gasteiger partial charge in [0.15, 0.2) is 23.5 Å². The maximum atomic E-state index is 14.0. The number of aliphatic hydroxyl groups is 2. The Kier molecular flexibility index (Phi) is 12.5. The normalized spacial score (nSPS) is 36.9. The van der Waals surface area contributed by atoms with Crippen molar-refractivity contribution >= 4 is 47.1 Å². The van der Waals surface area contributed by atoms with Gasteiger partial charge in [-0.15, -0.1) is 0 Å². The van der Waals surface area contributed by atoms with Crippen molar-refractivity contribution in [1.82, 2.24) is 20.9 Å². The Morgan fingerprint density at radius 3 is 2.26 bits per heavy atom. The molecule has 1 aromatic carbocycles. The van der Waals surface area contributed by atoms with Crippen LogP contribution in [-0.4, -0.2) is 116 Å². The summed E-state index contributed by atoms with van der Waals surface area (Å²) in [5.74, 6) is -4.48. The molecular formula is C51H62N4O13. The quantitative estimate of drug-likeness (QED) is 0.131. The van der Waals surface area contributed by atoms with E-state index < -0.39 is 101 Å². The van der Waals surface area contributed by atoms with Crippen LogP contribution in [0.4, 0.5) is 0 Å². The number of fused-ring (bicyclic) bond motifs is 10. The van der Waals surface area contributed by atoms with Gasteiger partial charge in [0.2, 0.25) is 17.7 Å². The van der Waals surface area contributed by atoms with E-state index in [1.165, 1.54) is 0 Å². The van der Waals surface area contributed by atoms with Gasteiger partial charge in [0, 0.05) is 59.4 Å². The van der Waals surface area contributed by atoms with Gasteiger partial charge < -0.3 is 40.7 Å². The molecule has 0 aromatic heterocycles. The number of nitrogens with zero attached hydrogens (tertiary/aromatic N) is 1. The smallest absolute Gasteiger partial charge is 0.303 e. The molecule has 10 rings (SSSR count). The first-order chi connectivity index (χ1) is 32.3. The molecule has 364 valence electrons. The summed E-state index contributed by atoms with van der Waals surface area (Å²) in [6.45, 7) is 2.79. The van der Waals surface area contributed by atoms with E-state index in [0.29, 0.717) is 32.1 Å². The molecule has 17 nitrogen and oxygen atoms in total. The van der Waals surface area contributed by atoms with Gasteiger partial charge in [-0.1, -0.05) is 49.8 Å². The first-order valence-electron chi connectivity index (χ1n) is 24.2. The lowest BCUT2D eigenvalue weighted by Gasteiger charge is -2.59. The highest BCUT2D eigenvalue weighted by molar-refractivity contribution is 6.13. The highest BCUT2D eigenvalue weighted by atomic mass is 16.7. The maximum Gasteiger partial charge on any atom is 0.303 e. The monoisotopic (exact) mass is 938 g/mol. The zero-order chi connectivity index (χ0) is 48.4. The van der Waals surface area contributed by atoms with Crippen LogP contribution in [-0.2, 0) is 54.3 Å². The SMILES string of the molecule is C[C@]12C=CC(=O)C=C1CC[C@@H]1[C@@H]2[C@@H](O)C[C@@]2(C)[C@H]1C[C@H]1O[C@@H](c3ccc(CC45CCC(NC(=O)[C@H](CCC(=O)O)NC(=O)CNC(=O)CCN6C(=O)C=CC6=O)(CC4)CC5)cc3)O[C@]12C(=O)CO. The number of aliphatic carboxylic acids is 1. The number of allylic oxidation sites excluding steroid dienone is 4. The summed E-state index contributed by atoms with van der Waals surface area (Å²) in [5.41, 5.74) is -0.294. The molecule has 7 fully saturated rings. The van der Waals surface area contributed by atoms with Crippen LogP contribution in [0, 0.1) is 34.0 Å². The average Bonchev–Trinajstić information content (AvgIpc) is 3.94. The summed E-state index contributed by atoms with van der Waals surface area (Å²) in [6, 6.07) is 6.91. The highest BCUT2D eigenvalue weighted by Crippen LogP contribution is 2.70. The number of carbonyl (C=O) groups is 8. The van der Waals surface area contributed by atoms with Crippen molar-refractivity contribution in [2.75, 3.05) is 19.7 Å². The number of carboxylic acid groups (broad SMARTS) is 1. The van der Waals surface area contributed by atoms with Gasteiger partial charge in [-0.25, -0.2) is 0 Å². The molecule has 1 saturated heterocycles. The summed E-state index contributed by atoms with van der Waals surface area (Å²) in [5, 5.41) is 40.0. The third kappa shape index (κ3) is 8.26. The number of aliphatic hydroxyl groups excluding tert-OH is 2. The van der Waals surface area contributed by atoms with E-state index >= 15 is 0 Å². The molecule has 0 unspecified atom stereocenters. The van der Waals surface area contributed by atoms with E-state index in [1.807, 2.05) is 25.1 Å². The fourth-order valence-corrected chi connectivity index (χ4v) is 14.0. The van der Waals surface area contributed by atoms with Gasteiger partial charge in [0.1, 0.15) is 12.6 Å². The van der Waals surface area contributed by atoms with Crippen molar-refractivity contribution in [2.24, 2.45) is 34.0 Å².